The van der Waals surface area contributed by atoms with Crippen LogP contribution in [0.2, 0.25) is 0 Å². The Kier molecular flexibility index (Phi) is 48.1. The van der Waals surface area contributed by atoms with E-state index >= 15 is 0 Å². The van der Waals surface area contributed by atoms with Crippen molar-refractivity contribution in [2.75, 3.05) is 81.8 Å². The van der Waals surface area contributed by atoms with Gasteiger partial charge in [0.05, 0.1) is 55.5 Å². The Hall–Kier alpha value is -0.290. The van der Waals surface area contributed by atoms with Crippen molar-refractivity contribution in [2.45, 2.75) is 219 Å². The minimum Gasteiger partial charge on any atom is -0.759 e. The number of quaternary nitrogens is 2. The molecule has 0 fully saturated rings. The van der Waals surface area contributed by atoms with Crippen LogP contribution in [-0.4, -0.2) is 108 Å². The molecule has 0 saturated carbocycles. The lowest BCUT2D eigenvalue weighted by Gasteiger charge is -2.23. The fraction of sp³-hybridized carbons (Fsp3) is 1.00. The van der Waals surface area contributed by atoms with Crippen LogP contribution in [0.1, 0.15) is 219 Å². The summed E-state index contributed by atoms with van der Waals surface area (Å²) in [6.45, 7) is 10.5. The first kappa shape index (κ1) is 59.0. The molecule has 0 aliphatic heterocycles. The Morgan fingerprint density at radius 3 is 0.655 bits per heavy atom. The maximum absolute atomic E-state index is 8.52. The first-order valence-electron chi connectivity index (χ1n) is 23.6. The second-order valence-corrected chi connectivity index (χ2v) is 19.1. The summed E-state index contributed by atoms with van der Waals surface area (Å²) >= 11 is 0. The van der Waals surface area contributed by atoms with Crippen LogP contribution in [0.25, 0.3) is 0 Å². The van der Waals surface area contributed by atoms with Crippen LogP contribution in [0.5, 0.6) is 0 Å². The summed E-state index contributed by atoms with van der Waals surface area (Å²) in [7, 11) is 8.15. The van der Waals surface area contributed by atoms with Crippen molar-refractivity contribution >= 4 is 10.4 Å². The SMILES string of the molecule is CCCCCCCCCCCCCCCCCCOCC[N+](C)(C)C.CCCCCCCCCCCCCCCCCCOCC[N+](C)(C)C.O=S(=O)([O-])[O-]. The molecule has 0 aromatic heterocycles. The molecule has 0 aromatic carbocycles. The molecule has 55 heavy (non-hydrogen) atoms. The van der Waals surface area contributed by atoms with Crippen molar-refractivity contribution in [2.24, 2.45) is 0 Å². The van der Waals surface area contributed by atoms with Crippen molar-refractivity contribution in [3.05, 3.63) is 0 Å². The van der Waals surface area contributed by atoms with Crippen molar-refractivity contribution in [1.29, 1.82) is 0 Å². The van der Waals surface area contributed by atoms with Gasteiger partial charge in [0.25, 0.3) is 0 Å². The van der Waals surface area contributed by atoms with E-state index in [0.717, 1.165) is 48.5 Å². The fourth-order valence-corrected chi connectivity index (χ4v) is 6.39. The highest BCUT2D eigenvalue weighted by molar-refractivity contribution is 7.79. The molecular formula is C46H100N2O6S. The quantitative estimate of drug-likeness (QED) is 0.0265. The molecule has 0 heterocycles. The molecule has 0 rings (SSSR count). The van der Waals surface area contributed by atoms with Crippen molar-refractivity contribution in [3.8, 4) is 0 Å². The van der Waals surface area contributed by atoms with E-state index in [0.29, 0.717) is 0 Å². The number of rotatable bonds is 40. The zero-order valence-corrected chi connectivity index (χ0v) is 39.4. The third-order valence-corrected chi connectivity index (χ3v) is 10.1. The average Bonchev–Trinajstić information content (AvgIpc) is 3.09. The highest BCUT2D eigenvalue weighted by Crippen LogP contribution is 2.15. The van der Waals surface area contributed by atoms with E-state index in [9.17, 15) is 0 Å². The van der Waals surface area contributed by atoms with Gasteiger partial charge < -0.3 is 27.5 Å². The van der Waals surface area contributed by atoms with E-state index < -0.39 is 10.4 Å². The molecule has 0 N–H and O–H groups in total. The molecule has 0 aromatic rings. The number of ether oxygens (including phenoxy) is 2. The second-order valence-electron chi connectivity index (χ2n) is 18.3. The predicted octanol–water partition coefficient (Wildman–Crippen LogP) is 12.6. The topological polar surface area (TPSA) is 98.7 Å². The molecule has 0 saturated heterocycles. The first-order valence-corrected chi connectivity index (χ1v) is 24.9. The maximum Gasteiger partial charge on any atom is 0.102 e. The van der Waals surface area contributed by atoms with Gasteiger partial charge in [-0.25, -0.2) is 0 Å². The number of nitrogens with zero attached hydrogens (tertiary/aromatic N) is 2. The second kappa shape index (κ2) is 44.8. The number of likely N-dealkylation sites (N-methyl/N-ethyl adjacent to an activating group) is 2. The third kappa shape index (κ3) is 75.2. The minimum atomic E-state index is -5.17. The minimum absolute atomic E-state index is 0.905. The smallest absolute Gasteiger partial charge is 0.102 e. The first-order chi connectivity index (χ1) is 26.1. The van der Waals surface area contributed by atoms with E-state index in [-0.39, 0.29) is 0 Å². The lowest BCUT2D eigenvalue weighted by atomic mass is 10.0. The summed E-state index contributed by atoms with van der Waals surface area (Å²) in [6, 6.07) is 0. The van der Waals surface area contributed by atoms with Crippen LogP contribution in [0, 0.1) is 0 Å². The lowest BCUT2D eigenvalue weighted by molar-refractivity contribution is -0.870. The standard InChI is InChI=1S/2C23H50NO.H2O4S/c2*1-5-6-7-8-9-10-11-12-13-14-15-16-17-18-19-20-22-25-23-21-24(2,3)4;1-5(2,3)4/h2*5-23H2,1-4H3;(H2,1,2,3,4)/q2*+1;/p-2. The molecule has 336 valence electrons. The molecular weight excluding hydrogens is 709 g/mol. The van der Waals surface area contributed by atoms with Gasteiger partial charge in [-0.2, -0.15) is 0 Å². The third-order valence-electron chi connectivity index (χ3n) is 10.1. The maximum atomic E-state index is 8.52. The van der Waals surface area contributed by atoms with Crippen molar-refractivity contribution in [1.82, 2.24) is 0 Å². The molecule has 9 heteroatoms. The van der Waals surface area contributed by atoms with E-state index in [2.05, 4.69) is 56.1 Å². The molecule has 0 amide bonds. The number of hydrogen-bond donors (Lipinski definition) is 0. The highest BCUT2D eigenvalue weighted by atomic mass is 32.3. The molecule has 0 unspecified atom stereocenters. The Bertz CT molecular complexity index is 754. The Labute approximate surface area is 346 Å². The van der Waals surface area contributed by atoms with E-state index in [1.54, 1.807) is 0 Å². The fourth-order valence-electron chi connectivity index (χ4n) is 6.39. The summed E-state index contributed by atoms with van der Waals surface area (Å²) in [4.78, 5) is 0. The van der Waals surface area contributed by atoms with Crippen molar-refractivity contribution < 1.29 is 36.0 Å². The zero-order chi connectivity index (χ0) is 41.8. The monoisotopic (exact) mass is 809 g/mol. The molecule has 0 bridgehead atoms. The van der Waals surface area contributed by atoms with Gasteiger partial charge in [0.15, 0.2) is 0 Å². The van der Waals surface area contributed by atoms with Crippen LogP contribution < -0.4 is 0 Å². The molecule has 0 aliphatic rings. The van der Waals surface area contributed by atoms with Crippen LogP contribution in [0.15, 0.2) is 0 Å². The molecule has 0 spiro atoms. The van der Waals surface area contributed by atoms with Crippen molar-refractivity contribution in [3.63, 3.8) is 0 Å². The zero-order valence-electron chi connectivity index (χ0n) is 38.6. The van der Waals surface area contributed by atoms with Crippen LogP contribution in [0.4, 0.5) is 0 Å². The summed E-state index contributed by atoms with van der Waals surface area (Å²) in [5.74, 6) is 0. The van der Waals surface area contributed by atoms with Gasteiger partial charge in [0.2, 0.25) is 0 Å². The normalized spacial score (nSPS) is 12.0. The molecule has 0 aliphatic carbocycles. The van der Waals surface area contributed by atoms with Gasteiger partial charge in [-0.1, -0.05) is 206 Å². The van der Waals surface area contributed by atoms with Crippen LogP contribution in [-0.2, 0) is 19.9 Å². The summed E-state index contributed by atoms with van der Waals surface area (Å²) in [5.41, 5.74) is 0. The van der Waals surface area contributed by atoms with Gasteiger partial charge in [0, 0.05) is 23.6 Å². The summed E-state index contributed by atoms with van der Waals surface area (Å²) in [5, 5.41) is 0. The Balaban J connectivity index is -0.000000874. The lowest BCUT2D eigenvalue weighted by Crippen LogP contribution is -2.37. The average molecular weight is 809 g/mol. The van der Waals surface area contributed by atoms with E-state index in [4.69, 9.17) is 27.0 Å². The van der Waals surface area contributed by atoms with E-state index in [1.807, 2.05) is 0 Å². The van der Waals surface area contributed by atoms with Crippen LogP contribution in [0.3, 0.4) is 0 Å². The molecule has 0 atom stereocenters. The summed E-state index contributed by atoms with van der Waals surface area (Å²) in [6.07, 6.45) is 45.7. The molecule has 8 nitrogen and oxygen atoms in total. The number of unbranched alkanes of at least 4 members (excludes halogenated alkanes) is 30. The van der Waals surface area contributed by atoms with E-state index in [1.165, 1.54) is 205 Å². The largest absolute Gasteiger partial charge is 0.759 e. The predicted molar refractivity (Wildman–Crippen MR) is 237 cm³/mol. The van der Waals surface area contributed by atoms with Gasteiger partial charge >= 0.3 is 0 Å². The van der Waals surface area contributed by atoms with Gasteiger partial charge in [-0.15, -0.1) is 0 Å². The summed E-state index contributed by atoms with van der Waals surface area (Å²) < 4.78 is 47.5. The highest BCUT2D eigenvalue weighted by Gasteiger charge is 2.06. The van der Waals surface area contributed by atoms with Gasteiger partial charge in [0.1, 0.15) is 13.1 Å². The van der Waals surface area contributed by atoms with Gasteiger partial charge in [-0.05, 0) is 12.8 Å². The Morgan fingerprint density at radius 2 is 0.491 bits per heavy atom. The molecule has 0 radical (unpaired) electrons. The van der Waals surface area contributed by atoms with Gasteiger partial charge in [-0.3, -0.25) is 8.42 Å². The van der Waals surface area contributed by atoms with Crippen LogP contribution >= 0.6 is 0 Å². The Morgan fingerprint density at radius 1 is 0.327 bits per heavy atom. The number of hydrogen-bond acceptors (Lipinski definition) is 6.